The number of rotatable bonds is 3. The summed E-state index contributed by atoms with van der Waals surface area (Å²) in [6, 6.07) is 24.7. The second kappa shape index (κ2) is 8.32. The van der Waals surface area contributed by atoms with Crippen molar-refractivity contribution in [3.8, 4) is 0 Å². The molecule has 1 aliphatic rings. The molecular weight excluding hydrogens is 418 g/mol. The molecule has 0 spiro atoms. The molecule has 158 valence electrons. The lowest BCUT2D eigenvalue weighted by Crippen LogP contribution is -2.26. The van der Waals surface area contributed by atoms with Crippen LogP contribution in [-0.2, 0) is 6.54 Å². The predicted octanol–water partition coefficient (Wildman–Crippen LogP) is 6.21. The monoisotopic (exact) mass is 439 g/mol. The number of nitrogens with one attached hydrogen (secondary N) is 2. The molecule has 6 heteroatoms. The van der Waals surface area contributed by atoms with E-state index < -0.39 is 0 Å². The van der Waals surface area contributed by atoms with Crippen molar-refractivity contribution in [1.29, 1.82) is 0 Å². The topological polar surface area (TPSA) is 61.4 Å². The first-order chi connectivity index (χ1) is 15.6. The molecule has 0 saturated carbocycles. The van der Waals surface area contributed by atoms with Crippen molar-refractivity contribution in [3.05, 3.63) is 106 Å². The first-order valence-corrected chi connectivity index (χ1v) is 11.2. The zero-order chi connectivity index (χ0) is 22.1. The van der Waals surface area contributed by atoms with Crippen LogP contribution in [0, 0.1) is 6.92 Å². The average Bonchev–Trinajstić information content (AvgIpc) is 3.18. The van der Waals surface area contributed by atoms with Gasteiger partial charge in [-0.15, -0.1) is 11.3 Å². The van der Waals surface area contributed by atoms with Crippen LogP contribution in [0.25, 0.3) is 0 Å². The summed E-state index contributed by atoms with van der Waals surface area (Å²) in [5.41, 5.74) is 5.78. The maximum absolute atomic E-state index is 13.7. The van der Waals surface area contributed by atoms with Crippen molar-refractivity contribution >= 4 is 45.9 Å². The van der Waals surface area contributed by atoms with E-state index in [0.717, 1.165) is 28.2 Å². The Morgan fingerprint density at radius 3 is 2.38 bits per heavy atom. The van der Waals surface area contributed by atoms with E-state index in [1.165, 1.54) is 11.3 Å². The number of nitrogens with zero attached hydrogens (tertiary/aromatic N) is 1. The van der Waals surface area contributed by atoms with Gasteiger partial charge in [-0.2, -0.15) is 0 Å². The van der Waals surface area contributed by atoms with E-state index in [1.807, 2.05) is 66.9 Å². The molecule has 0 aliphatic carbocycles. The summed E-state index contributed by atoms with van der Waals surface area (Å²) >= 11 is 1.41. The fourth-order valence-electron chi connectivity index (χ4n) is 3.85. The van der Waals surface area contributed by atoms with Gasteiger partial charge in [-0.1, -0.05) is 30.3 Å². The second-order valence-electron chi connectivity index (χ2n) is 7.60. The van der Waals surface area contributed by atoms with Crippen molar-refractivity contribution in [2.45, 2.75) is 13.5 Å². The minimum atomic E-state index is -0.141. The van der Waals surface area contributed by atoms with Gasteiger partial charge < -0.3 is 10.6 Å². The van der Waals surface area contributed by atoms with Crippen LogP contribution >= 0.6 is 11.3 Å². The van der Waals surface area contributed by atoms with Crippen LogP contribution in [0.5, 0.6) is 0 Å². The van der Waals surface area contributed by atoms with Crippen LogP contribution in [0.3, 0.4) is 0 Å². The molecule has 0 radical (unpaired) electrons. The van der Waals surface area contributed by atoms with Gasteiger partial charge in [0, 0.05) is 17.8 Å². The van der Waals surface area contributed by atoms with Crippen molar-refractivity contribution in [3.63, 3.8) is 0 Å². The predicted molar refractivity (Wildman–Crippen MR) is 130 cm³/mol. The molecule has 1 aliphatic heterocycles. The first kappa shape index (κ1) is 20.0. The van der Waals surface area contributed by atoms with E-state index in [0.29, 0.717) is 22.7 Å². The summed E-state index contributed by atoms with van der Waals surface area (Å²) in [6.45, 7) is 2.56. The van der Waals surface area contributed by atoms with Gasteiger partial charge in [0.2, 0.25) is 0 Å². The Labute approximate surface area is 190 Å². The standard InChI is InChI=1S/C26H21N3O2S/c1-17-14-15-32-24(17)25(30)28-20-12-10-18(11-13-20)26(31)29-22-8-4-2-6-19(22)16-27-21-7-3-5-9-23(21)29/h2-15,27H,16H2,1H3,(H,28,30). The first-order valence-electron chi connectivity index (χ1n) is 10.3. The van der Waals surface area contributed by atoms with Gasteiger partial charge in [0.05, 0.1) is 21.9 Å². The molecule has 2 N–H and O–H groups in total. The summed E-state index contributed by atoms with van der Waals surface area (Å²) in [4.78, 5) is 28.6. The molecule has 4 aromatic rings. The fourth-order valence-corrected chi connectivity index (χ4v) is 4.67. The molecule has 1 aromatic heterocycles. The Morgan fingerprint density at radius 1 is 0.906 bits per heavy atom. The van der Waals surface area contributed by atoms with E-state index in [4.69, 9.17) is 0 Å². The van der Waals surface area contributed by atoms with Crippen LogP contribution in [0.2, 0.25) is 0 Å². The van der Waals surface area contributed by atoms with Gasteiger partial charge in [0.15, 0.2) is 0 Å². The number of thiophene rings is 1. The molecule has 3 aromatic carbocycles. The maximum Gasteiger partial charge on any atom is 0.265 e. The largest absolute Gasteiger partial charge is 0.379 e. The molecule has 0 saturated heterocycles. The van der Waals surface area contributed by atoms with E-state index in [9.17, 15) is 9.59 Å². The van der Waals surface area contributed by atoms with Crippen LogP contribution < -0.4 is 15.5 Å². The SMILES string of the molecule is Cc1ccsc1C(=O)Nc1ccc(C(=O)N2c3ccccc3CNc3ccccc32)cc1. The van der Waals surface area contributed by atoms with E-state index in [-0.39, 0.29) is 11.8 Å². The number of hydrogen-bond donors (Lipinski definition) is 2. The normalized spacial score (nSPS) is 12.2. The number of benzene rings is 3. The highest BCUT2D eigenvalue weighted by molar-refractivity contribution is 7.12. The van der Waals surface area contributed by atoms with Crippen LogP contribution in [0.1, 0.15) is 31.2 Å². The van der Waals surface area contributed by atoms with E-state index >= 15 is 0 Å². The number of aryl methyl sites for hydroxylation is 1. The molecule has 0 fully saturated rings. The van der Waals surface area contributed by atoms with Crippen molar-refractivity contribution in [1.82, 2.24) is 0 Å². The highest BCUT2D eigenvalue weighted by Gasteiger charge is 2.26. The third-order valence-corrected chi connectivity index (χ3v) is 6.52. The maximum atomic E-state index is 13.7. The summed E-state index contributed by atoms with van der Waals surface area (Å²) in [6.07, 6.45) is 0. The number of anilines is 4. The van der Waals surface area contributed by atoms with Crippen LogP contribution in [0.4, 0.5) is 22.7 Å². The number of para-hydroxylation sites is 3. The van der Waals surface area contributed by atoms with Crippen molar-refractivity contribution in [2.24, 2.45) is 0 Å². The van der Waals surface area contributed by atoms with Crippen LogP contribution in [-0.4, -0.2) is 11.8 Å². The lowest BCUT2D eigenvalue weighted by atomic mass is 10.1. The summed E-state index contributed by atoms with van der Waals surface area (Å²) in [5, 5.41) is 8.24. The van der Waals surface area contributed by atoms with Gasteiger partial charge in [0.25, 0.3) is 11.8 Å². The Bertz CT molecular complexity index is 1260. The lowest BCUT2D eigenvalue weighted by Gasteiger charge is -2.24. The third-order valence-electron chi connectivity index (χ3n) is 5.51. The minimum absolute atomic E-state index is 0.124. The van der Waals surface area contributed by atoms with Gasteiger partial charge in [0.1, 0.15) is 0 Å². The lowest BCUT2D eigenvalue weighted by molar-refractivity contribution is 0.0997. The van der Waals surface area contributed by atoms with Crippen LogP contribution in [0.15, 0.2) is 84.2 Å². The molecule has 0 bridgehead atoms. The van der Waals surface area contributed by atoms with E-state index in [1.54, 1.807) is 29.2 Å². The van der Waals surface area contributed by atoms with Gasteiger partial charge in [-0.05, 0) is 72.0 Å². The molecular formula is C26H21N3O2S. The molecule has 5 rings (SSSR count). The molecule has 0 unspecified atom stereocenters. The highest BCUT2D eigenvalue weighted by Crippen LogP contribution is 2.38. The number of carbonyl (C=O) groups is 2. The fraction of sp³-hybridized carbons (Fsp3) is 0.0769. The van der Waals surface area contributed by atoms with Gasteiger partial charge in [-0.25, -0.2) is 0 Å². The smallest absolute Gasteiger partial charge is 0.265 e. The number of amides is 2. The number of carbonyl (C=O) groups excluding carboxylic acids is 2. The minimum Gasteiger partial charge on any atom is -0.379 e. The molecule has 32 heavy (non-hydrogen) atoms. The Morgan fingerprint density at radius 2 is 1.62 bits per heavy atom. The summed E-state index contributed by atoms with van der Waals surface area (Å²) < 4.78 is 0. The molecule has 2 amide bonds. The molecule has 5 nitrogen and oxygen atoms in total. The Hall–Kier alpha value is -3.90. The van der Waals surface area contributed by atoms with E-state index in [2.05, 4.69) is 10.6 Å². The van der Waals surface area contributed by atoms with Crippen molar-refractivity contribution < 1.29 is 9.59 Å². The van der Waals surface area contributed by atoms with Gasteiger partial charge in [-0.3, -0.25) is 14.5 Å². The highest BCUT2D eigenvalue weighted by atomic mass is 32.1. The average molecular weight is 440 g/mol. The third kappa shape index (κ3) is 3.65. The van der Waals surface area contributed by atoms with Gasteiger partial charge >= 0.3 is 0 Å². The number of fused-ring (bicyclic) bond motifs is 2. The quantitative estimate of drug-likeness (QED) is 0.399. The Balaban J connectivity index is 1.46. The molecule has 2 heterocycles. The summed E-state index contributed by atoms with van der Waals surface area (Å²) in [5.74, 6) is -0.265. The molecule has 0 atom stereocenters. The van der Waals surface area contributed by atoms with Crippen molar-refractivity contribution in [2.75, 3.05) is 15.5 Å². The second-order valence-corrected chi connectivity index (χ2v) is 8.52. The Kier molecular flexibility index (Phi) is 5.21. The zero-order valence-corrected chi connectivity index (χ0v) is 18.3. The summed E-state index contributed by atoms with van der Waals surface area (Å²) in [7, 11) is 0. The zero-order valence-electron chi connectivity index (χ0n) is 17.5. The number of hydrogen-bond acceptors (Lipinski definition) is 4.